The van der Waals surface area contributed by atoms with Gasteiger partial charge in [0, 0.05) is 18.6 Å². The second kappa shape index (κ2) is 6.71. The molecule has 0 fully saturated rings. The van der Waals surface area contributed by atoms with Gasteiger partial charge in [0.1, 0.15) is 0 Å². The average molecular weight is 277 g/mol. The lowest BCUT2D eigenvalue weighted by atomic mass is 10.0. The van der Waals surface area contributed by atoms with E-state index in [0.29, 0.717) is 18.1 Å². The van der Waals surface area contributed by atoms with E-state index in [1.165, 1.54) is 0 Å². The fourth-order valence-electron chi connectivity index (χ4n) is 1.96. The zero-order chi connectivity index (χ0) is 13.7. The van der Waals surface area contributed by atoms with Crippen molar-refractivity contribution in [2.75, 3.05) is 7.11 Å². The Hall–Kier alpha value is -1.35. The lowest BCUT2D eigenvalue weighted by Gasteiger charge is -2.12. The van der Waals surface area contributed by atoms with Gasteiger partial charge in [0.2, 0.25) is 0 Å². The Bertz CT molecular complexity index is 505. The number of hydrogen-bond donors (Lipinski definition) is 1. The van der Waals surface area contributed by atoms with Crippen LogP contribution in [0.15, 0.2) is 48.5 Å². The van der Waals surface area contributed by atoms with Crippen molar-refractivity contribution in [3.63, 3.8) is 0 Å². The first kappa shape index (κ1) is 14.1. The molecular formula is C16H17ClO2. The summed E-state index contributed by atoms with van der Waals surface area (Å²) in [5.74, 6) is 0. The van der Waals surface area contributed by atoms with Gasteiger partial charge >= 0.3 is 0 Å². The highest BCUT2D eigenvalue weighted by molar-refractivity contribution is 6.30. The summed E-state index contributed by atoms with van der Waals surface area (Å²) >= 11 is 5.84. The Morgan fingerprint density at radius 2 is 1.58 bits per heavy atom. The molecule has 0 aliphatic carbocycles. The van der Waals surface area contributed by atoms with E-state index >= 15 is 0 Å². The SMILES string of the molecule is COCc1ccc(C(O)Cc2ccc(Cl)cc2)cc1. The Morgan fingerprint density at radius 3 is 2.16 bits per heavy atom. The van der Waals surface area contributed by atoms with E-state index in [1.807, 2.05) is 48.5 Å². The smallest absolute Gasteiger partial charge is 0.0830 e. The lowest BCUT2D eigenvalue weighted by molar-refractivity contribution is 0.177. The summed E-state index contributed by atoms with van der Waals surface area (Å²) in [5.41, 5.74) is 3.08. The van der Waals surface area contributed by atoms with Gasteiger partial charge in [-0.1, -0.05) is 48.0 Å². The van der Waals surface area contributed by atoms with Crippen molar-refractivity contribution in [2.24, 2.45) is 0 Å². The van der Waals surface area contributed by atoms with Crippen LogP contribution >= 0.6 is 11.6 Å². The first-order valence-corrected chi connectivity index (χ1v) is 6.57. The van der Waals surface area contributed by atoms with Crippen LogP contribution in [0.25, 0.3) is 0 Å². The number of benzene rings is 2. The van der Waals surface area contributed by atoms with Crippen LogP contribution in [0.4, 0.5) is 0 Å². The van der Waals surface area contributed by atoms with Gasteiger partial charge in [0.15, 0.2) is 0 Å². The van der Waals surface area contributed by atoms with Crippen LogP contribution in [0, 0.1) is 0 Å². The molecule has 2 aromatic rings. The third-order valence-electron chi connectivity index (χ3n) is 3.02. The number of hydrogen-bond acceptors (Lipinski definition) is 2. The van der Waals surface area contributed by atoms with Crippen LogP contribution in [-0.4, -0.2) is 12.2 Å². The highest BCUT2D eigenvalue weighted by atomic mass is 35.5. The minimum Gasteiger partial charge on any atom is -0.388 e. The number of ether oxygens (including phenoxy) is 1. The standard InChI is InChI=1S/C16H17ClO2/c1-19-11-13-2-6-14(7-3-13)16(18)10-12-4-8-15(17)9-5-12/h2-9,16,18H,10-11H2,1H3. The second-order valence-electron chi connectivity index (χ2n) is 4.52. The van der Waals surface area contributed by atoms with E-state index in [2.05, 4.69) is 0 Å². The van der Waals surface area contributed by atoms with E-state index in [0.717, 1.165) is 16.7 Å². The predicted molar refractivity (Wildman–Crippen MR) is 77.3 cm³/mol. The Kier molecular flexibility index (Phi) is 4.97. The summed E-state index contributed by atoms with van der Waals surface area (Å²) in [5, 5.41) is 10.9. The first-order chi connectivity index (χ1) is 9.19. The number of methoxy groups -OCH3 is 1. The van der Waals surface area contributed by atoms with Gasteiger partial charge in [0.25, 0.3) is 0 Å². The minimum absolute atomic E-state index is 0.502. The van der Waals surface area contributed by atoms with Gasteiger partial charge in [-0.05, 0) is 28.8 Å². The molecular weight excluding hydrogens is 260 g/mol. The summed E-state index contributed by atoms with van der Waals surface area (Å²) in [6.07, 6.45) is 0.0821. The fourth-order valence-corrected chi connectivity index (χ4v) is 2.09. The maximum atomic E-state index is 10.2. The van der Waals surface area contributed by atoms with Crippen molar-refractivity contribution in [3.05, 3.63) is 70.2 Å². The molecule has 3 heteroatoms. The molecule has 0 aliphatic rings. The lowest BCUT2D eigenvalue weighted by Crippen LogP contribution is -2.02. The number of aliphatic hydroxyl groups is 1. The zero-order valence-corrected chi connectivity index (χ0v) is 11.6. The highest BCUT2D eigenvalue weighted by Crippen LogP contribution is 2.20. The maximum absolute atomic E-state index is 10.2. The molecule has 0 aromatic heterocycles. The van der Waals surface area contributed by atoms with Gasteiger partial charge in [-0.15, -0.1) is 0 Å². The van der Waals surface area contributed by atoms with Crippen LogP contribution < -0.4 is 0 Å². The van der Waals surface area contributed by atoms with Crippen molar-refractivity contribution in [3.8, 4) is 0 Å². The normalized spacial score (nSPS) is 12.4. The maximum Gasteiger partial charge on any atom is 0.0830 e. The molecule has 0 saturated heterocycles. The molecule has 0 bridgehead atoms. The van der Waals surface area contributed by atoms with Crippen LogP contribution in [0.3, 0.4) is 0 Å². The van der Waals surface area contributed by atoms with Gasteiger partial charge < -0.3 is 9.84 Å². The van der Waals surface area contributed by atoms with E-state index in [4.69, 9.17) is 16.3 Å². The molecule has 0 amide bonds. The van der Waals surface area contributed by atoms with Crippen LogP contribution in [-0.2, 0) is 17.8 Å². The van der Waals surface area contributed by atoms with Gasteiger partial charge in [-0.2, -0.15) is 0 Å². The molecule has 0 saturated carbocycles. The van der Waals surface area contributed by atoms with Crippen LogP contribution in [0.2, 0.25) is 5.02 Å². The number of rotatable bonds is 5. The number of aliphatic hydroxyl groups excluding tert-OH is 1. The Labute approximate surface area is 118 Å². The molecule has 2 rings (SSSR count). The topological polar surface area (TPSA) is 29.5 Å². The van der Waals surface area contributed by atoms with Crippen LogP contribution in [0.1, 0.15) is 22.8 Å². The quantitative estimate of drug-likeness (QED) is 0.901. The molecule has 100 valence electrons. The molecule has 19 heavy (non-hydrogen) atoms. The van der Waals surface area contributed by atoms with Crippen molar-refractivity contribution < 1.29 is 9.84 Å². The number of halogens is 1. The molecule has 0 aliphatic heterocycles. The highest BCUT2D eigenvalue weighted by Gasteiger charge is 2.08. The van der Waals surface area contributed by atoms with Crippen molar-refractivity contribution in [2.45, 2.75) is 19.1 Å². The van der Waals surface area contributed by atoms with E-state index in [-0.39, 0.29) is 0 Å². The van der Waals surface area contributed by atoms with Crippen molar-refractivity contribution in [1.82, 2.24) is 0 Å². The van der Waals surface area contributed by atoms with Crippen molar-refractivity contribution >= 4 is 11.6 Å². The van der Waals surface area contributed by atoms with Gasteiger partial charge in [-0.25, -0.2) is 0 Å². The Balaban J connectivity index is 2.02. The van der Waals surface area contributed by atoms with Gasteiger partial charge in [-0.3, -0.25) is 0 Å². The predicted octanol–water partition coefficient (Wildman–Crippen LogP) is 3.76. The fraction of sp³-hybridized carbons (Fsp3) is 0.250. The summed E-state index contributed by atoms with van der Waals surface area (Å²) in [7, 11) is 1.67. The van der Waals surface area contributed by atoms with E-state index < -0.39 is 6.10 Å². The Morgan fingerprint density at radius 1 is 1.00 bits per heavy atom. The monoisotopic (exact) mass is 276 g/mol. The first-order valence-electron chi connectivity index (χ1n) is 6.19. The molecule has 1 N–H and O–H groups in total. The molecule has 2 nitrogen and oxygen atoms in total. The summed E-state index contributed by atoms with van der Waals surface area (Å²) in [6, 6.07) is 15.4. The molecule has 1 unspecified atom stereocenters. The second-order valence-corrected chi connectivity index (χ2v) is 4.96. The average Bonchev–Trinajstić information content (AvgIpc) is 2.42. The zero-order valence-electron chi connectivity index (χ0n) is 10.8. The largest absolute Gasteiger partial charge is 0.388 e. The van der Waals surface area contributed by atoms with Gasteiger partial charge in [0.05, 0.1) is 12.7 Å². The molecule has 0 heterocycles. The summed E-state index contributed by atoms with van der Waals surface area (Å²) < 4.78 is 5.06. The molecule has 0 radical (unpaired) electrons. The third kappa shape index (κ3) is 4.06. The molecule has 1 atom stereocenters. The third-order valence-corrected chi connectivity index (χ3v) is 3.27. The van der Waals surface area contributed by atoms with E-state index in [9.17, 15) is 5.11 Å². The summed E-state index contributed by atoms with van der Waals surface area (Å²) in [4.78, 5) is 0. The summed E-state index contributed by atoms with van der Waals surface area (Å²) in [6.45, 7) is 0.591. The molecule has 0 spiro atoms. The van der Waals surface area contributed by atoms with Crippen molar-refractivity contribution in [1.29, 1.82) is 0 Å². The molecule has 2 aromatic carbocycles. The van der Waals surface area contributed by atoms with E-state index in [1.54, 1.807) is 7.11 Å². The van der Waals surface area contributed by atoms with Crippen LogP contribution in [0.5, 0.6) is 0 Å². The minimum atomic E-state index is -0.502.